The van der Waals surface area contributed by atoms with Crippen LogP contribution in [0.25, 0.3) is 16.9 Å². The summed E-state index contributed by atoms with van der Waals surface area (Å²) in [7, 11) is 0. The van der Waals surface area contributed by atoms with E-state index in [1.54, 1.807) is 12.4 Å². The van der Waals surface area contributed by atoms with Crippen molar-refractivity contribution in [2.24, 2.45) is 0 Å². The molecule has 0 saturated carbocycles. The SMILES string of the molecule is Brc1c(-c2ccncc2)nn2c3c(cnc12)CNCC3. The van der Waals surface area contributed by atoms with E-state index < -0.39 is 0 Å². The lowest BCUT2D eigenvalue weighted by Gasteiger charge is -2.16. The molecular weight excluding hydrogens is 318 g/mol. The zero-order chi connectivity index (χ0) is 13.5. The maximum Gasteiger partial charge on any atom is 0.170 e. The molecule has 0 unspecified atom stereocenters. The maximum atomic E-state index is 4.75. The van der Waals surface area contributed by atoms with Gasteiger partial charge in [0.15, 0.2) is 5.65 Å². The van der Waals surface area contributed by atoms with E-state index in [0.29, 0.717) is 0 Å². The highest BCUT2D eigenvalue weighted by Gasteiger charge is 2.19. The largest absolute Gasteiger partial charge is 0.312 e. The molecule has 5 nitrogen and oxygen atoms in total. The van der Waals surface area contributed by atoms with E-state index in [4.69, 9.17) is 5.10 Å². The minimum absolute atomic E-state index is 0.861. The van der Waals surface area contributed by atoms with Crippen LogP contribution in [-0.2, 0) is 13.0 Å². The van der Waals surface area contributed by atoms with Gasteiger partial charge in [0.25, 0.3) is 0 Å². The van der Waals surface area contributed by atoms with Gasteiger partial charge in [-0.05, 0) is 28.1 Å². The minimum atomic E-state index is 0.861. The van der Waals surface area contributed by atoms with Crippen molar-refractivity contribution in [2.75, 3.05) is 6.54 Å². The summed E-state index contributed by atoms with van der Waals surface area (Å²) in [4.78, 5) is 8.59. The van der Waals surface area contributed by atoms with Gasteiger partial charge in [-0.25, -0.2) is 9.50 Å². The summed E-state index contributed by atoms with van der Waals surface area (Å²) in [5.74, 6) is 0. The molecule has 1 aliphatic rings. The molecule has 0 atom stereocenters. The first-order valence-corrected chi connectivity index (χ1v) is 7.30. The van der Waals surface area contributed by atoms with Gasteiger partial charge in [-0.15, -0.1) is 0 Å². The van der Waals surface area contributed by atoms with Crippen LogP contribution in [-0.4, -0.2) is 26.1 Å². The normalized spacial score (nSPS) is 14.4. The molecule has 6 heteroatoms. The summed E-state index contributed by atoms with van der Waals surface area (Å²) in [6, 6.07) is 3.92. The van der Waals surface area contributed by atoms with Crippen LogP contribution in [0.1, 0.15) is 11.3 Å². The van der Waals surface area contributed by atoms with Crippen LogP contribution in [0.15, 0.2) is 35.2 Å². The van der Waals surface area contributed by atoms with E-state index in [2.05, 4.69) is 31.2 Å². The lowest BCUT2D eigenvalue weighted by molar-refractivity contribution is 0.610. The molecule has 3 aromatic rings. The number of nitrogens with zero attached hydrogens (tertiary/aromatic N) is 4. The highest BCUT2D eigenvalue weighted by Crippen LogP contribution is 2.31. The molecule has 0 aromatic carbocycles. The van der Waals surface area contributed by atoms with E-state index in [1.165, 1.54) is 11.3 Å². The van der Waals surface area contributed by atoms with Crippen molar-refractivity contribution in [1.82, 2.24) is 24.9 Å². The van der Waals surface area contributed by atoms with Crippen molar-refractivity contribution in [1.29, 1.82) is 0 Å². The fraction of sp³-hybridized carbons (Fsp3) is 0.214. The monoisotopic (exact) mass is 329 g/mol. The Balaban J connectivity index is 1.99. The molecule has 0 amide bonds. The first-order valence-electron chi connectivity index (χ1n) is 6.50. The number of nitrogens with one attached hydrogen (secondary N) is 1. The smallest absolute Gasteiger partial charge is 0.170 e. The van der Waals surface area contributed by atoms with Crippen molar-refractivity contribution in [3.8, 4) is 11.3 Å². The number of halogens is 1. The predicted octanol–water partition coefficient (Wildman–Crippen LogP) is 2.20. The minimum Gasteiger partial charge on any atom is -0.312 e. The molecule has 1 N–H and O–H groups in total. The summed E-state index contributed by atoms with van der Waals surface area (Å²) in [6.45, 7) is 1.84. The van der Waals surface area contributed by atoms with Crippen LogP contribution in [0.2, 0.25) is 0 Å². The Labute approximate surface area is 124 Å². The zero-order valence-corrected chi connectivity index (χ0v) is 12.3. The fourth-order valence-electron chi connectivity index (χ4n) is 2.58. The third kappa shape index (κ3) is 1.76. The summed E-state index contributed by atoms with van der Waals surface area (Å²) in [5, 5.41) is 8.11. The molecule has 0 radical (unpaired) electrons. The zero-order valence-electron chi connectivity index (χ0n) is 10.7. The second-order valence-electron chi connectivity index (χ2n) is 4.79. The van der Waals surface area contributed by atoms with Crippen molar-refractivity contribution < 1.29 is 0 Å². The van der Waals surface area contributed by atoms with Crippen molar-refractivity contribution >= 4 is 21.6 Å². The van der Waals surface area contributed by atoms with E-state index in [0.717, 1.165) is 40.9 Å². The van der Waals surface area contributed by atoms with Crippen LogP contribution >= 0.6 is 15.9 Å². The van der Waals surface area contributed by atoms with Gasteiger partial charge in [0.1, 0.15) is 5.69 Å². The molecule has 0 bridgehead atoms. The number of pyridine rings is 1. The standard InChI is InChI=1S/C14H12BrN5/c15-12-13(9-1-4-16-5-2-9)19-20-11-3-6-17-7-10(11)8-18-14(12)20/h1-2,4-5,8,17H,3,6-7H2. The van der Waals surface area contributed by atoms with Crippen LogP contribution in [0, 0.1) is 0 Å². The Morgan fingerprint density at radius 1 is 1.25 bits per heavy atom. The third-order valence-corrected chi connectivity index (χ3v) is 4.31. The number of rotatable bonds is 1. The Morgan fingerprint density at radius 3 is 2.95 bits per heavy atom. The molecule has 1 aliphatic heterocycles. The summed E-state index contributed by atoms with van der Waals surface area (Å²) in [5.41, 5.74) is 5.29. The average molecular weight is 330 g/mol. The van der Waals surface area contributed by atoms with Crippen LogP contribution in [0.4, 0.5) is 0 Å². The Hall–Kier alpha value is -1.79. The fourth-order valence-corrected chi connectivity index (χ4v) is 3.16. The average Bonchev–Trinajstić information content (AvgIpc) is 2.86. The Morgan fingerprint density at radius 2 is 2.10 bits per heavy atom. The Bertz CT molecular complexity index is 781. The van der Waals surface area contributed by atoms with Gasteiger partial charge in [0.05, 0.1) is 10.2 Å². The second-order valence-corrected chi connectivity index (χ2v) is 5.58. The van der Waals surface area contributed by atoms with E-state index in [-0.39, 0.29) is 0 Å². The maximum absolute atomic E-state index is 4.75. The van der Waals surface area contributed by atoms with Crippen LogP contribution in [0.3, 0.4) is 0 Å². The van der Waals surface area contributed by atoms with Gasteiger partial charge in [0, 0.05) is 49.2 Å². The number of aromatic nitrogens is 4. The van der Waals surface area contributed by atoms with E-state index in [9.17, 15) is 0 Å². The van der Waals surface area contributed by atoms with Gasteiger partial charge >= 0.3 is 0 Å². The molecule has 100 valence electrons. The van der Waals surface area contributed by atoms with Gasteiger partial charge in [-0.1, -0.05) is 0 Å². The lowest BCUT2D eigenvalue weighted by atomic mass is 10.1. The highest BCUT2D eigenvalue weighted by atomic mass is 79.9. The first-order chi connectivity index (χ1) is 9.84. The van der Waals surface area contributed by atoms with Crippen molar-refractivity contribution in [3.63, 3.8) is 0 Å². The predicted molar refractivity (Wildman–Crippen MR) is 79.3 cm³/mol. The van der Waals surface area contributed by atoms with Crippen LogP contribution < -0.4 is 5.32 Å². The molecule has 3 aromatic heterocycles. The first kappa shape index (κ1) is 12.0. The number of fused-ring (bicyclic) bond motifs is 3. The van der Waals surface area contributed by atoms with Gasteiger partial charge in [0.2, 0.25) is 0 Å². The van der Waals surface area contributed by atoms with Gasteiger partial charge < -0.3 is 5.32 Å². The highest BCUT2D eigenvalue weighted by molar-refractivity contribution is 9.10. The summed E-state index contributed by atoms with van der Waals surface area (Å²) < 4.78 is 2.90. The molecule has 4 heterocycles. The molecule has 0 fully saturated rings. The number of hydrogen-bond acceptors (Lipinski definition) is 4. The molecule has 0 aliphatic carbocycles. The molecule has 4 rings (SSSR count). The van der Waals surface area contributed by atoms with E-state index >= 15 is 0 Å². The summed E-state index contributed by atoms with van der Waals surface area (Å²) in [6.07, 6.45) is 6.47. The van der Waals surface area contributed by atoms with E-state index in [1.807, 2.05) is 22.8 Å². The van der Waals surface area contributed by atoms with Gasteiger partial charge in [-0.3, -0.25) is 4.98 Å². The summed E-state index contributed by atoms with van der Waals surface area (Å²) >= 11 is 3.63. The third-order valence-electron chi connectivity index (χ3n) is 3.58. The second kappa shape index (κ2) is 4.64. The Kier molecular flexibility index (Phi) is 2.78. The van der Waals surface area contributed by atoms with Crippen molar-refractivity contribution in [2.45, 2.75) is 13.0 Å². The molecule has 0 saturated heterocycles. The van der Waals surface area contributed by atoms with Crippen LogP contribution in [0.5, 0.6) is 0 Å². The molecule has 20 heavy (non-hydrogen) atoms. The molecular formula is C14H12BrN5. The van der Waals surface area contributed by atoms with Gasteiger partial charge in [-0.2, -0.15) is 5.10 Å². The molecule has 0 spiro atoms. The van der Waals surface area contributed by atoms with Crippen molar-refractivity contribution in [3.05, 3.63) is 46.5 Å². The lowest BCUT2D eigenvalue weighted by Crippen LogP contribution is -2.26. The topological polar surface area (TPSA) is 55.1 Å². The quantitative estimate of drug-likeness (QED) is 0.743. The number of hydrogen-bond donors (Lipinski definition) is 1.